The Morgan fingerprint density at radius 2 is 1.87 bits per heavy atom. The summed E-state index contributed by atoms with van der Waals surface area (Å²) in [7, 11) is -3.56. The lowest BCUT2D eigenvalue weighted by Gasteiger charge is -2.28. The second-order valence-electron chi connectivity index (χ2n) is 4.77. The number of hydrogen-bond donors (Lipinski definition) is 0. The third kappa shape index (κ3) is 3.52. The number of amidine groups is 1. The normalized spacial score (nSPS) is 19.7. The standard InChI is InChI=1S/C13H10F3N3O3S/c14-13(15,16)22-10-3-1-9(2-4-10)11-7-17-8-19-5-6-23(20,21)18-12(11)19/h1-4,7-8H,5-6H2. The van der Waals surface area contributed by atoms with Crippen molar-refractivity contribution in [2.45, 2.75) is 6.36 Å². The molecule has 0 atom stereocenters. The molecule has 1 aromatic carbocycles. The third-order valence-electron chi connectivity index (χ3n) is 3.14. The molecule has 0 saturated heterocycles. The maximum atomic E-state index is 12.2. The molecule has 0 radical (unpaired) electrons. The van der Waals surface area contributed by atoms with E-state index < -0.39 is 16.4 Å². The molecule has 0 amide bonds. The van der Waals surface area contributed by atoms with E-state index in [1.807, 2.05) is 0 Å². The quantitative estimate of drug-likeness (QED) is 0.822. The zero-order chi connectivity index (χ0) is 16.7. The molecule has 2 heterocycles. The van der Waals surface area contributed by atoms with Crippen molar-refractivity contribution in [1.29, 1.82) is 0 Å². The van der Waals surface area contributed by atoms with E-state index in [0.717, 1.165) is 12.1 Å². The van der Waals surface area contributed by atoms with Crippen LogP contribution >= 0.6 is 0 Å². The molecule has 0 bridgehead atoms. The van der Waals surface area contributed by atoms with E-state index in [1.165, 1.54) is 24.7 Å². The summed E-state index contributed by atoms with van der Waals surface area (Å²) in [5.41, 5.74) is 0.895. The monoisotopic (exact) mass is 345 g/mol. The van der Waals surface area contributed by atoms with E-state index in [0.29, 0.717) is 11.1 Å². The van der Waals surface area contributed by atoms with Crippen LogP contribution in [-0.4, -0.2) is 44.2 Å². The highest BCUT2D eigenvalue weighted by Gasteiger charge is 2.31. The van der Waals surface area contributed by atoms with Gasteiger partial charge in [-0.2, -0.15) is 0 Å². The Morgan fingerprint density at radius 1 is 1.17 bits per heavy atom. The fraction of sp³-hybridized carbons (Fsp3) is 0.231. The Balaban J connectivity index is 1.93. The van der Waals surface area contributed by atoms with Crippen LogP contribution in [-0.2, 0) is 10.0 Å². The number of benzene rings is 1. The molecule has 0 spiro atoms. The van der Waals surface area contributed by atoms with Gasteiger partial charge in [0.25, 0.3) is 10.0 Å². The van der Waals surface area contributed by atoms with Crippen LogP contribution < -0.4 is 4.74 Å². The zero-order valence-corrected chi connectivity index (χ0v) is 12.3. The lowest BCUT2D eigenvalue weighted by molar-refractivity contribution is -0.274. The Bertz CT molecular complexity index is 811. The molecule has 1 aromatic rings. The van der Waals surface area contributed by atoms with Crippen molar-refractivity contribution >= 4 is 27.8 Å². The molecule has 0 N–H and O–H groups in total. The second kappa shape index (κ2) is 5.37. The molecule has 3 rings (SSSR count). The number of halogens is 3. The molecule has 6 nitrogen and oxygen atoms in total. The van der Waals surface area contributed by atoms with Crippen LogP contribution in [0.2, 0.25) is 0 Å². The summed E-state index contributed by atoms with van der Waals surface area (Å²) in [5, 5.41) is 0. The summed E-state index contributed by atoms with van der Waals surface area (Å²) in [6.45, 7) is 0.220. The number of alkyl halides is 3. The highest BCUT2D eigenvalue weighted by atomic mass is 32.2. The SMILES string of the molecule is O=S1(=O)CCN2C=NC=C(c3ccc(OC(F)(F)F)cc3)C2=N1. The van der Waals surface area contributed by atoms with Gasteiger partial charge in [-0.1, -0.05) is 12.1 Å². The van der Waals surface area contributed by atoms with Crippen molar-refractivity contribution in [3.63, 3.8) is 0 Å². The third-order valence-corrected chi connectivity index (χ3v) is 4.29. The molecule has 0 unspecified atom stereocenters. The molecule has 122 valence electrons. The van der Waals surface area contributed by atoms with Crippen molar-refractivity contribution in [2.24, 2.45) is 9.39 Å². The average Bonchev–Trinajstić information content (AvgIpc) is 2.45. The van der Waals surface area contributed by atoms with Gasteiger partial charge in [0.2, 0.25) is 0 Å². The lowest BCUT2D eigenvalue weighted by atomic mass is 10.0. The van der Waals surface area contributed by atoms with E-state index >= 15 is 0 Å². The molecule has 2 aliphatic heterocycles. The number of hydrogen-bond acceptors (Lipinski definition) is 5. The van der Waals surface area contributed by atoms with Crippen LogP contribution in [0.5, 0.6) is 5.75 Å². The van der Waals surface area contributed by atoms with Crippen LogP contribution in [0, 0.1) is 0 Å². The molecule has 0 saturated carbocycles. The first-order chi connectivity index (χ1) is 10.7. The van der Waals surface area contributed by atoms with E-state index in [1.54, 1.807) is 4.90 Å². The second-order valence-corrected chi connectivity index (χ2v) is 6.53. The van der Waals surface area contributed by atoms with Gasteiger partial charge in [0.1, 0.15) is 5.75 Å². The van der Waals surface area contributed by atoms with E-state index in [4.69, 9.17) is 0 Å². The molecule has 0 aliphatic carbocycles. The summed E-state index contributed by atoms with van der Waals surface area (Å²) < 4.78 is 67.3. The van der Waals surface area contributed by atoms with Gasteiger partial charge in [0, 0.05) is 18.3 Å². The Hall–Kier alpha value is -2.36. The number of sulfonamides is 1. The highest BCUT2D eigenvalue weighted by molar-refractivity contribution is 7.90. The highest BCUT2D eigenvalue weighted by Crippen LogP contribution is 2.28. The number of fused-ring (bicyclic) bond motifs is 1. The van der Waals surface area contributed by atoms with Crippen LogP contribution in [0.15, 0.2) is 39.9 Å². The van der Waals surface area contributed by atoms with Crippen LogP contribution in [0.3, 0.4) is 0 Å². The van der Waals surface area contributed by atoms with Crippen molar-refractivity contribution in [3.05, 3.63) is 36.0 Å². The van der Waals surface area contributed by atoms with E-state index in [9.17, 15) is 21.6 Å². The Kier molecular flexibility index (Phi) is 3.63. The smallest absolute Gasteiger partial charge is 0.406 e. The van der Waals surface area contributed by atoms with Gasteiger partial charge >= 0.3 is 6.36 Å². The fourth-order valence-electron chi connectivity index (χ4n) is 2.15. The minimum absolute atomic E-state index is 0.117. The van der Waals surface area contributed by atoms with Gasteiger partial charge in [0.15, 0.2) is 5.84 Å². The molecule has 0 fully saturated rings. The first-order valence-electron chi connectivity index (χ1n) is 6.43. The maximum absolute atomic E-state index is 12.2. The minimum Gasteiger partial charge on any atom is -0.406 e. The summed E-state index contributed by atoms with van der Waals surface area (Å²) in [5.74, 6) is -0.277. The first-order valence-corrected chi connectivity index (χ1v) is 8.04. The molecular formula is C13H10F3N3O3S. The maximum Gasteiger partial charge on any atom is 0.573 e. The fourth-order valence-corrected chi connectivity index (χ4v) is 3.14. The van der Waals surface area contributed by atoms with Gasteiger partial charge in [-0.25, -0.2) is 13.4 Å². The average molecular weight is 345 g/mol. The predicted octanol–water partition coefficient (Wildman–Crippen LogP) is 2.01. The Labute approximate surface area is 129 Å². The van der Waals surface area contributed by atoms with E-state index in [2.05, 4.69) is 14.1 Å². The summed E-state index contributed by atoms with van der Waals surface area (Å²) >= 11 is 0. The Morgan fingerprint density at radius 3 is 2.52 bits per heavy atom. The van der Waals surface area contributed by atoms with Gasteiger partial charge in [-0.3, -0.25) is 0 Å². The minimum atomic E-state index is -4.77. The molecule has 2 aliphatic rings. The van der Waals surface area contributed by atoms with Crippen molar-refractivity contribution < 1.29 is 26.3 Å². The van der Waals surface area contributed by atoms with Crippen LogP contribution in [0.25, 0.3) is 5.57 Å². The lowest BCUT2D eigenvalue weighted by Crippen LogP contribution is -2.40. The van der Waals surface area contributed by atoms with Crippen LogP contribution in [0.1, 0.15) is 5.56 Å². The molecule has 23 heavy (non-hydrogen) atoms. The topological polar surface area (TPSA) is 71.3 Å². The molecule has 10 heteroatoms. The first kappa shape index (κ1) is 15.5. The summed E-state index contributed by atoms with van der Waals surface area (Å²) in [6.07, 6.45) is -1.90. The van der Waals surface area contributed by atoms with Gasteiger partial charge in [0.05, 0.1) is 12.1 Å². The number of ether oxygens (including phenoxy) is 1. The van der Waals surface area contributed by atoms with Crippen molar-refractivity contribution in [3.8, 4) is 5.75 Å². The van der Waals surface area contributed by atoms with Crippen molar-refractivity contribution in [2.75, 3.05) is 12.3 Å². The number of rotatable bonds is 2. The number of aliphatic imine (C=N–C) groups is 1. The number of nitrogens with zero attached hydrogens (tertiary/aromatic N) is 3. The summed E-state index contributed by atoms with van der Waals surface area (Å²) in [6, 6.07) is 5.06. The predicted molar refractivity (Wildman–Crippen MR) is 77.5 cm³/mol. The van der Waals surface area contributed by atoms with Gasteiger partial charge in [-0.15, -0.1) is 17.6 Å². The van der Waals surface area contributed by atoms with E-state index in [-0.39, 0.29) is 23.9 Å². The van der Waals surface area contributed by atoms with Crippen LogP contribution in [0.4, 0.5) is 13.2 Å². The molecular weight excluding hydrogens is 335 g/mol. The van der Waals surface area contributed by atoms with Gasteiger partial charge < -0.3 is 9.64 Å². The van der Waals surface area contributed by atoms with Crippen molar-refractivity contribution in [1.82, 2.24) is 4.90 Å². The largest absolute Gasteiger partial charge is 0.573 e. The molecule has 0 aromatic heterocycles. The summed E-state index contributed by atoms with van der Waals surface area (Å²) in [4.78, 5) is 5.58. The van der Waals surface area contributed by atoms with Gasteiger partial charge in [-0.05, 0) is 17.7 Å². The zero-order valence-electron chi connectivity index (χ0n) is 11.5.